The summed E-state index contributed by atoms with van der Waals surface area (Å²) in [6.07, 6.45) is 0.181. The lowest BCUT2D eigenvalue weighted by molar-refractivity contribution is -0.122. The quantitative estimate of drug-likeness (QED) is 0.939. The maximum absolute atomic E-state index is 12.9. The predicted molar refractivity (Wildman–Crippen MR) is 91.4 cm³/mol. The molecule has 1 aliphatic rings. The van der Waals surface area contributed by atoms with E-state index in [1.54, 1.807) is 4.90 Å². The fraction of sp³-hybridized carbons (Fsp3) is 0.263. The van der Waals surface area contributed by atoms with Gasteiger partial charge in [0.2, 0.25) is 11.8 Å². The van der Waals surface area contributed by atoms with Gasteiger partial charge in [-0.15, -0.1) is 0 Å². The topological polar surface area (TPSA) is 49.4 Å². The highest BCUT2D eigenvalue weighted by Crippen LogP contribution is 2.27. The summed E-state index contributed by atoms with van der Waals surface area (Å²) in [7, 11) is 0. The first kappa shape index (κ1) is 16.2. The highest BCUT2D eigenvalue weighted by Gasteiger charge is 2.35. The van der Waals surface area contributed by atoms with E-state index in [2.05, 4.69) is 5.32 Å². The summed E-state index contributed by atoms with van der Waals surface area (Å²) in [5.41, 5.74) is 3.62. The van der Waals surface area contributed by atoms with Gasteiger partial charge in [-0.25, -0.2) is 4.39 Å². The molecule has 1 heterocycles. The zero-order valence-electron chi connectivity index (χ0n) is 13.7. The lowest BCUT2D eigenvalue weighted by atomic mass is 10.1. The lowest BCUT2D eigenvalue weighted by Gasteiger charge is -2.18. The van der Waals surface area contributed by atoms with Gasteiger partial charge >= 0.3 is 0 Å². The number of carbonyl (C=O) groups excluding carboxylic acids is 2. The molecule has 0 saturated carbocycles. The van der Waals surface area contributed by atoms with Gasteiger partial charge < -0.3 is 10.2 Å². The molecule has 2 aromatic rings. The Balaban J connectivity index is 1.70. The van der Waals surface area contributed by atoms with Crippen LogP contribution in [0.1, 0.15) is 17.5 Å². The predicted octanol–water partition coefficient (Wildman–Crippen LogP) is 3.43. The van der Waals surface area contributed by atoms with Crippen molar-refractivity contribution in [1.82, 2.24) is 0 Å². The lowest BCUT2D eigenvalue weighted by Crippen LogP contribution is -2.28. The number of rotatable bonds is 3. The minimum absolute atomic E-state index is 0.0579. The third kappa shape index (κ3) is 3.30. The number of hydrogen-bond donors (Lipinski definition) is 1. The van der Waals surface area contributed by atoms with E-state index in [0.29, 0.717) is 12.2 Å². The molecule has 24 heavy (non-hydrogen) atoms. The second-order valence-electron chi connectivity index (χ2n) is 6.17. The number of anilines is 2. The zero-order chi connectivity index (χ0) is 17.3. The first-order chi connectivity index (χ1) is 11.4. The first-order valence-corrected chi connectivity index (χ1v) is 7.88. The van der Waals surface area contributed by atoms with Crippen molar-refractivity contribution in [3.05, 3.63) is 59.4 Å². The molecule has 1 fully saturated rings. The summed E-state index contributed by atoms with van der Waals surface area (Å²) in [4.78, 5) is 26.3. The van der Waals surface area contributed by atoms with Crippen LogP contribution in [0.15, 0.2) is 42.5 Å². The van der Waals surface area contributed by atoms with E-state index >= 15 is 0 Å². The Bertz CT molecular complexity index is 786. The van der Waals surface area contributed by atoms with Crippen molar-refractivity contribution in [1.29, 1.82) is 0 Å². The molecular formula is C19H19FN2O2. The molecule has 0 unspecified atom stereocenters. The summed E-state index contributed by atoms with van der Waals surface area (Å²) < 4.78 is 12.9. The highest BCUT2D eigenvalue weighted by atomic mass is 19.1. The molecule has 5 heteroatoms. The number of hydrogen-bond acceptors (Lipinski definition) is 2. The number of benzene rings is 2. The van der Waals surface area contributed by atoms with Crippen LogP contribution in [0.5, 0.6) is 0 Å². The van der Waals surface area contributed by atoms with Crippen LogP contribution in [0.25, 0.3) is 0 Å². The molecule has 124 valence electrons. The molecule has 1 saturated heterocycles. The Morgan fingerprint density at radius 1 is 1.12 bits per heavy atom. The number of aryl methyl sites for hydroxylation is 2. The van der Waals surface area contributed by atoms with Gasteiger partial charge in [0.15, 0.2) is 0 Å². The molecular weight excluding hydrogens is 307 g/mol. The Hall–Kier alpha value is -2.69. The maximum Gasteiger partial charge on any atom is 0.229 e. The van der Waals surface area contributed by atoms with Crippen LogP contribution in [0.3, 0.4) is 0 Å². The second kappa shape index (κ2) is 6.43. The van der Waals surface area contributed by atoms with E-state index < -0.39 is 5.92 Å². The Labute approximate surface area is 140 Å². The van der Waals surface area contributed by atoms with Gasteiger partial charge in [-0.1, -0.05) is 6.07 Å². The van der Waals surface area contributed by atoms with Crippen molar-refractivity contribution in [2.24, 2.45) is 5.92 Å². The third-order valence-electron chi connectivity index (χ3n) is 4.41. The molecule has 0 bridgehead atoms. The second-order valence-corrected chi connectivity index (χ2v) is 6.17. The molecule has 4 nitrogen and oxygen atoms in total. The van der Waals surface area contributed by atoms with Gasteiger partial charge in [-0.3, -0.25) is 9.59 Å². The normalized spacial score (nSPS) is 17.2. The van der Waals surface area contributed by atoms with Crippen molar-refractivity contribution >= 4 is 23.2 Å². The average Bonchev–Trinajstić information content (AvgIpc) is 2.94. The largest absolute Gasteiger partial charge is 0.326 e. The van der Waals surface area contributed by atoms with Crippen LogP contribution in [0.4, 0.5) is 15.8 Å². The zero-order valence-corrected chi connectivity index (χ0v) is 13.7. The van der Waals surface area contributed by atoms with Crippen molar-refractivity contribution in [3.63, 3.8) is 0 Å². The molecule has 1 N–H and O–H groups in total. The van der Waals surface area contributed by atoms with Crippen molar-refractivity contribution in [2.45, 2.75) is 20.3 Å². The molecule has 3 rings (SSSR count). The van der Waals surface area contributed by atoms with E-state index in [0.717, 1.165) is 16.8 Å². The van der Waals surface area contributed by atoms with Gasteiger partial charge in [0.1, 0.15) is 5.82 Å². The fourth-order valence-corrected chi connectivity index (χ4v) is 2.80. The van der Waals surface area contributed by atoms with E-state index in [1.165, 1.54) is 24.3 Å². The SMILES string of the molecule is Cc1ccc(N2C[C@H](C(=O)Nc3ccc(F)cc3)CC2=O)cc1C. The van der Waals surface area contributed by atoms with Crippen molar-refractivity contribution in [2.75, 3.05) is 16.8 Å². The van der Waals surface area contributed by atoms with Gasteiger partial charge in [0, 0.05) is 24.3 Å². The van der Waals surface area contributed by atoms with Crippen molar-refractivity contribution in [3.8, 4) is 0 Å². The molecule has 2 aromatic carbocycles. The van der Waals surface area contributed by atoms with Gasteiger partial charge in [-0.05, 0) is 61.4 Å². The summed E-state index contributed by atoms with van der Waals surface area (Å²) in [5, 5.41) is 2.74. The van der Waals surface area contributed by atoms with Crippen LogP contribution in [-0.4, -0.2) is 18.4 Å². The Morgan fingerprint density at radius 2 is 1.83 bits per heavy atom. The van der Waals surface area contributed by atoms with Crippen LogP contribution >= 0.6 is 0 Å². The monoisotopic (exact) mass is 326 g/mol. The van der Waals surface area contributed by atoms with Crippen LogP contribution in [0, 0.1) is 25.6 Å². The third-order valence-corrected chi connectivity index (χ3v) is 4.41. The smallest absolute Gasteiger partial charge is 0.229 e. The molecule has 1 aliphatic heterocycles. The molecule has 0 aliphatic carbocycles. The van der Waals surface area contributed by atoms with Crippen molar-refractivity contribution < 1.29 is 14.0 Å². The van der Waals surface area contributed by atoms with E-state index in [9.17, 15) is 14.0 Å². The van der Waals surface area contributed by atoms with Gasteiger partial charge in [0.25, 0.3) is 0 Å². The summed E-state index contributed by atoms with van der Waals surface area (Å²) in [5.74, 6) is -1.05. The van der Waals surface area contributed by atoms with E-state index in [1.807, 2.05) is 32.0 Å². The van der Waals surface area contributed by atoms with Crippen LogP contribution < -0.4 is 10.2 Å². The van der Waals surface area contributed by atoms with Crippen LogP contribution in [-0.2, 0) is 9.59 Å². The molecule has 0 aromatic heterocycles. The summed E-state index contributed by atoms with van der Waals surface area (Å²) >= 11 is 0. The molecule has 0 radical (unpaired) electrons. The van der Waals surface area contributed by atoms with E-state index in [4.69, 9.17) is 0 Å². The molecule has 1 atom stereocenters. The van der Waals surface area contributed by atoms with Gasteiger partial charge in [-0.2, -0.15) is 0 Å². The molecule has 0 spiro atoms. The summed E-state index contributed by atoms with van der Waals surface area (Å²) in [6.45, 7) is 4.37. The average molecular weight is 326 g/mol. The minimum atomic E-state index is -0.413. The number of nitrogens with zero attached hydrogens (tertiary/aromatic N) is 1. The van der Waals surface area contributed by atoms with Gasteiger partial charge in [0.05, 0.1) is 5.92 Å². The fourth-order valence-electron chi connectivity index (χ4n) is 2.80. The number of amides is 2. The standard InChI is InChI=1S/C19H19FN2O2/c1-12-3-8-17(9-13(12)2)22-11-14(10-18(22)23)19(24)21-16-6-4-15(20)5-7-16/h3-9,14H,10-11H2,1-2H3,(H,21,24)/t14-/m1/s1. The van der Waals surface area contributed by atoms with E-state index in [-0.39, 0.29) is 24.1 Å². The first-order valence-electron chi connectivity index (χ1n) is 7.88. The molecule has 2 amide bonds. The number of nitrogens with one attached hydrogen (secondary N) is 1. The maximum atomic E-state index is 12.9. The Kier molecular flexibility index (Phi) is 4.34. The number of carbonyl (C=O) groups is 2. The van der Waals surface area contributed by atoms with Crippen LogP contribution in [0.2, 0.25) is 0 Å². The number of halogens is 1. The summed E-state index contributed by atoms with van der Waals surface area (Å²) in [6, 6.07) is 11.4. The Morgan fingerprint density at radius 3 is 2.50 bits per heavy atom. The minimum Gasteiger partial charge on any atom is -0.326 e. The highest BCUT2D eigenvalue weighted by molar-refractivity contribution is 6.03.